The first kappa shape index (κ1) is 11.9. The van der Waals surface area contributed by atoms with Crippen molar-refractivity contribution < 1.29 is 4.74 Å². The molecule has 4 nitrogen and oxygen atoms in total. The van der Waals surface area contributed by atoms with Crippen molar-refractivity contribution in [2.75, 3.05) is 19.5 Å². The van der Waals surface area contributed by atoms with Crippen molar-refractivity contribution in [1.29, 1.82) is 0 Å². The molecule has 1 atom stereocenters. The van der Waals surface area contributed by atoms with Crippen LogP contribution in [0.15, 0.2) is 18.2 Å². The quantitative estimate of drug-likeness (QED) is 0.880. The van der Waals surface area contributed by atoms with Gasteiger partial charge in [0.25, 0.3) is 0 Å². The molecule has 92 valence electrons. The molecule has 2 N–H and O–H groups in total. The van der Waals surface area contributed by atoms with Gasteiger partial charge in [-0.1, -0.05) is 19.1 Å². The number of hydrogen-bond donors (Lipinski definition) is 1. The van der Waals surface area contributed by atoms with E-state index in [1.807, 2.05) is 12.1 Å². The Labute approximate surface area is 101 Å². The summed E-state index contributed by atoms with van der Waals surface area (Å²) in [7, 11) is 1.72. The first-order chi connectivity index (χ1) is 8.13. The predicted molar refractivity (Wildman–Crippen MR) is 69.9 cm³/mol. The normalized spacial score (nSPS) is 13.1. The number of imidazole rings is 1. The Bertz CT molecular complexity index is 519. The Morgan fingerprint density at radius 1 is 1.47 bits per heavy atom. The van der Waals surface area contributed by atoms with Crippen LogP contribution in [0.25, 0.3) is 11.0 Å². The summed E-state index contributed by atoms with van der Waals surface area (Å²) in [6, 6.07) is 6.09. The summed E-state index contributed by atoms with van der Waals surface area (Å²) in [4.78, 5) is 4.39. The van der Waals surface area contributed by atoms with Gasteiger partial charge in [-0.2, -0.15) is 0 Å². The molecule has 2 rings (SSSR count). The SMILES string of the molecule is COCC(C)Cn1c(N)nc2cccc(C)c21. The van der Waals surface area contributed by atoms with Crippen LogP contribution < -0.4 is 5.73 Å². The summed E-state index contributed by atoms with van der Waals surface area (Å²) < 4.78 is 7.24. The lowest BCUT2D eigenvalue weighted by Gasteiger charge is -2.13. The van der Waals surface area contributed by atoms with E-state index in [0.29, 0.717) is 11.9 Å². The second-order valence-corrected chi connectivity index (χ2v) is 4.58. The summed E-state index contributed by atoms with van der Waals surface area (Å²) in [6.07, 6.45) is 0. The van der Waals surface area contributed by atoms with Crippen LogP contribution >= 0.6 is 0 Å². The molecule has 1 aromatic heterocycles. The third-order valence-corrected chi connectivity index (χ3v) is 2.94. The summed E-state index contributed by atoms with van der Waals surface area (Å²) in [5.74, 6) is 0.997. The predicted octanol–water partition coefficient (Wildman–Crippen LogP) is 2.21. The molecule has 4 heteroatoms. The number of aromatic nitrogens is 2. The molecular formula is C13H19N3O. The molecule has 0 bridgehead atoms. The lowest BCUT2D eigenvalue weighted by atomic mass is 10.1. The third kappa shape index (κ3) is 2.26. The molecule has 0 fully saturated rings. The Hall–Kier alpha value is -1.55. The van der Waals surface area contributed by atoms with Crippen LogP contribution in [0.2, 0.25) is 0 Å². The first-order valence-corrected chi connectivity index (χ1v) is 5.83. The fraction of sp³-hybridized carbons (Fsp3) is 0.462. The van der Waals surface area contributed by atoms with E-state index in [0.717, 1.165) is 24.2 Å². The van der Waals surface area contributed by atoms with Crippen molar-refractivity contribution in [3.8, 4) is 0 Å². The molecule has 0 saturated carbocycles. The van der Waals surface area contributed by atoms with Gasteiger partial charge < -0.3 is 15.0 Å². The summed E-state index contributed by atoms with van der Waals surface area (Å²) >= 11 is 0. The summed E-state index contributed by atoms with van der Waals surface area (Å²) in [5, 5.41) is 0. The topological polar surface area (TPSA) is 53.1 Å². The molecule has 1 unspecified atom stereocenters. The molecule has 0 amide bonds. The van der Waals surface area contributed by atoms with Crippen LogP contribution in [0, 0.1) is 12.8 Å². The van der Waals surface area contributed by atoms with Crippen molar-refractivity contribution in [3.63, 3.8) is 0 Å². The molecule has 0 radical (unpaired) electrons. The van der Waals surface area contributed by atoms with E-state index in [9.17, 15) is 0 Å². The molecule has 0 aliphatic heterocycles. The molecule has 0 spiro atoms. The molecule has 1 heterocycles. The number of para-hydroxylation sites is 1. The van der Waals surface area contributed by atoms with Gasteiger partial charge in [0.2, 0.25) is 5.95 Å². The summed E-state index contributed by atoms with van der Waals surface area (Å²) in [6.45, 7) is 5.79. The number of nitrogen functional groups attached to an aromatic ring is 1. The van der Waals surface area contributed by atoms with Crippen LogP contribution in [-0.4, -0.2) is 23.3 Å². The number of benzene rings is 1. The van der Waals surface area contributed by atoms with E-state index < -0.39 is 0 Å². The third-order valence-electron chi connectivity index (χ3n) is 2.94. The van der Waals surface area contributed by atoms with Gasteiger partial charge in [0.1, 0.15) is 0 Å². The lowest BCUT2D eigenvalue weighted by molar-refractivity contribution is 0.152. The molecular weight excluding hydrogens is 214 g/mol. The van der Waals surface area contributed by atoms with Gasteiger partial charge in [0, 0.05) is 13.7 Å². The van der Waals surface area contributed by atoms with E-state index in [2.05, 4.69) is 29.5 Å². The fourth-order valence-electron chi connectivity index (χ4n) is 2.22. The van der Waals surface area contributed by atoms with Crippen molar-refractivity contribution in [2.45, 2.75) is 20.4 Å². The van der Waals surface area contributed by atoms with E-state index in [4.69, 9.17) is 10.5 Å². The minimum atomic E-state index is 0.416. The zero-order valence-corrected chi connectivity index (χ0v) is 10.6. The number of rotatable bonds is 4. The highest BCUT2D eigenvalue weighted by Gasteiger charge is 2.12. The molecule has 17 heavy (non-hydrogen) atoms. The molecule has 0 aliphatic rings. The Kier molecular flexibility index (Phi) is 3.33. The maximum absolute atomic E-state index is 5.98. The smallest absolute Gasteiger partial charge is 0.201 e. The second kappa shape index (κ2) is 4.75. The Balaban J connectivity index is 2.42. The van der Waals surface area contributed by atoms with Crippen molar-refractivity contribution in [1.82, 2.24) is 9.55 Å². The van der Waals surface area contributed by atoms with Crippen LogP contribution in [0.1, 0.15) is 12.5 Å². The molecule has 2 aromatic rings. The standard InChI is InChI=1S/C13H19N3O/c1-9(8-17-3)7-16-12-10(2)5-4-6-11(12)15-13(16)14/h4-6,9H,7-8H2,1-3H3,(H2,14,15). The Morgan fingerprint density at radius 2 is 2.24 bits per heavy atom. The Morgan fingerprint density at radius 3 is 2.94 bits per heavy atom. The van der Waals surface area contributed by atoms with Gasteiger partial charge in [-0.25, -0.2) is 4.98 Å². The minimum Gasteiger partial charge on any atom is -0.384 e. The highest BCUT2D eigenvalue weighted by atomic mass is 16.5. The van der Waals surface area contributed by atoms with Crippen molar-refractivity contribution in [2.24, 2.45) is 5.92 Å². The number of hydrogen-bond acceptors (Lipinski definition) is 3. The van der Waals surface area contributed by atoms with Crippen LogP contribution in [0.5, 0.6) is 0 Å². The van der Waals surface area contributed by atoms with E-state index in [1.165, 1.54) is 5.56 Å². The number of anilines is 1. The largest absolute Gasteiger partial charge is 0.384 e. The number of aryl methyl sites for hydroxylation is 1. The molecule has 1 aromatic carbocycles. The van der Waals surface area contributed by atoms with E-state index >= 15 is 0 Å². The maximum atomic E-state index is 5.98. The van der Waals surface area contributed by atoms with Crippen molar-refractivity contribution in [3.05, 3.63) is 23.8 Å². The first-order valence-electron chi connectivity index (χ1n) is 5.83. The molecule has 0 aliphatic carbocycles. The maximum Gasteiger partial charge on any atom is 0.201 e. The zero-order valence-electron chi connectivity index (χ0n) is 10.6. The van der Waals surface area contributed by atoms with Crippen molar-refractivity contribution >= 4 is 17.0 Å². The number of methoxy groups -OCH3 is 1. The number of fused-ring (bicyclic) bond motifs is 1. The molecule has 0 saturated heterocycles. The monoisotopic (exact) mass is 233 g/mol. The highest BCUT2D eigenvalue weighted by molar-refractivity contribution is 5.81. The average Bonchev–Trinajstić information content (AvgIpc) is 2.57. The van der Waals surface area contributed by atoms with Gasteiger partial charge in [-0.15, -0.1) is 0 Å². The van der Waals surface area contributed by atoms with E-state index in [-0.39, 0.29) is 0 Å². The highest BCUT2D eigenvalue weighted by Crippen LogP contribution is 2.22. The second-order valence-electron chi connectivity index (χ2n) is 4.58. The van der Waals surface area contributed by atoms with Gasteiger partial charge >= 0.3 is 0 Å². The number of nitrogens with two attached hydrogens (primary N) is 1. The number of nitrogens with zero attached hydrogens (tertiary/aromatic N) is 2. The number of ether oxygens (including phenoxy) is 1. The van der Waals surface area contributed by atoms with Crippen LogP contribution in [-0.2, 0) is 11.3 Å². The van der Waals surface area contributed by atoms with Gasteiger partial charge in [0.15, 0.2) is 0 Å². The summed E-state index contributed by atoms with van der Waals surface area (Å²) in [5.41, 5.74) is 9.28. The van der Waals surface area contributed by atoms with Gasteiger partial charge in [0.05, 0.1) is 17.6 Å². The lowest BCUT2D eigenvalue weighted by Crippen LogP contribution is -2.14. The van der Waals surface area contributed by atoms with Gasteiger partial charge in [-0.3, -0.25) is 0 Å². The van der Waals surface area contributed by atoms with E-state index in [1.54, 1.807) is 7.11 Å². The zero-order chi connectivity index (χ0) is 12.4. The minimum absolute atomic E-state index is 0.416. The van der Waals surface area contributed by atoms with Gasteiger partial charge in [-0.05, 0) is 24.5 Å². The van der Waals surface area contributed by atoms with Crippen LogP contribution in [0.3, 0.4) is 0 Å². The fourth-order valence-corrected chi connectivity index (χ4v) is 2.22. The average molecular weight is 233 g/mol. The van der Waals surface area contributed by atoms with Crippen LogP contribution in [0.4, 0.5) is 5.95 Å².